The fraction of sp³-hybridized carbons (Fsp3) is 0.909. The minimum Gasteiger partial charge on any atom is -0.379 e. The number of amides is 2. The molecule has 0 aromatic rings. The normalized spacial score (nSPS) is 11.0. The molecule has 0 heterocycles. The molecule has 0 aliphatic heterocycles. The zero-order valence-corrected chi connectivity index (χ0v) is 20.4. The SMILES string of the molecule is CCCNC(=O)CCOCCOCCOCCOCCOCCOCCOCCC(=O)NC. The van der Waals surface area contributed by atoms with Gasteiger partial charge < -0.3 is 43.8 Å². The lowest BCUT2D eigenvalue weighted by molar-refractivity contribution is -0.122. The standard InChI is InChI=1S/C22H44N2O9/c1-3-6-24-22(26)5-8-28-10-12-30-14-16-32-18-20-33-19-17-31-15-13-29-11-9-27-7-4-21(25)23-2/h3-20H2,1-2H3,(H,23,25)(H,24,26). The minimum atomic E-state index is -0.0356. The quantitative estimate of drug-likeness (QED) is 0.167. The van der Waals surface area contributed by atoms with Crippen LogP contribution in [0.1, 0.15) is 26.2 Å². The van der Waals surface area contributed by atoms with Crippen LogP contribution in [0.5, 0.6) is 0 Å². The summed E-state index contributed by atoms with van der Waals surface area (Å²) in [6.45, 7) is 9.32. The summed E-state index contributed by atoms with van der Waals surface area (Å²) in [6.07, 6.45) is 1.66. The van der Waals surface area contributed by atoms with Crippen LogP contribution in [0.15, 0.2) is 0 Å². The fourth-order valence-corrected chi connectivity index (χ4v) is 2.23. The second kappa shape index (κ2) is 26.9. The molecule has 0 spiro atoms. The molecule has 2 amide bonds. The van der Waals surface area contributed by atoms with E-state index in [0.717, 1.165) is 6.42 Å². The summed E-state index contributed by atoms with van der Waals surface area (Å²) < 4.78 is 37.6. The van der Waals surface area contributed by atoms with Crippen LogP contribution in [0.25, 0.3) is 0 Å². The second-order valence-corrected chi connectivity index (χ2v) is 6.81. The van der Waals surface area contributed by atoms with Crippen molar-refractivity contribution >= 4 is 11.8 Å². The molecule has 0 rings (SSSR count). The molecule has 2 N–H and O–H groups in total. The predicted octanol–water partition coefficient (Wildman–Crippen LogP) is 0.155. The van der Waals surface area contributed by atoms with Crippen LogP contribution in [-0.2, 0) is 42.7 Å². The van der Waals surface area contributed by atoms with Crippen molar-refractivity contribution < 1.29 is 42.7 Å². The first kappa shape index (κ1) is 31.7. The lowest BCUT2D eigenvalue weighted by Gasteiger charge is -2.08. The molecular formula is C22H44N2O9. The van der Waals surface area contributed by atoms with Crippen LogP contribution in [0, 0.1) is 0 Å². The first-order valence-electron chi connectivity index (χ1n) is 11.7. The van der Waals surface area contributed by atoms with Gasteiger partial charge in [-0.15, -0.1) is 0 Å². The van der Waals surface area contributed by atoms with E-state index in [2.05, 4.69) is 10.6 Å². The highest BCUT2D eigenvalue weighted by Crippen LogP contribution is 1.88. The highest BCUT2D eigenvalue weighted by molar-refractivity contribution is 5.76. The third kappa shape index (κ3) is 26.8. The molecule has 0 aromatic carbocycles. The van der Waals surface area contributed by atoms with E-state index in [4.69, 9.17) is 33.2 Å². The molecule has 0 bridgehead atoms. The Balaban J connectivity index is 3.08. The largest absolute Gasteiger partial charge is 0.379 e. The average molecular weight is 481 g/mol. The lowest BCUT2D eigenvalue weighted by atomic mass is 10.4. The maximum absolute atomic E-state index is 11.4. The maximum Gasteiger partial charge on any atom is 0.222 e. The van der Waals surface area contributed by atoms with Gasteiger partial charge >= 0.3 is 0 Å². The van der Waals surface area contributed by atoms with Crippen LogP contribution in [0.3, 0.4) is 0 Å². The van der Waals surface area contributed by atoms with E-state index in [0.29, 0.717) is 112 Å². The van der Waals surface area contributed by atoms with Crippen molar-refractivity contribution in [2.75, 3.05) is 106 Å². The summed E-state index contributed by atoms with van der Waals surface area (Å²) in [7, 11) is 1.60. The number of hydrogen-bond donors (Lipinski definition) is 2. The van der Waals surface area contributed by atoms with E-state index in [-0.39, 0.29) is 11.8 Å². The summed E-state index contributed by atoms with van der Waals surface area (Å²) >= 11 is 0. The summed E-state index contributed by atoms with van der Waals surface area (Å²) in [5.74, 6) is -0.0190. The first-order chi connectivity index (χ1) is 16.2. The zero-order valence-electron chi connectivity index (χ0n) is 20.4. The van der Waals surface area contributed by atoms with E-state index < -0.39 is 0 Å². The van der Waals surface area contributed by atoms with Gasteiger partial charge in [-0.05, 0) is 6.42 Å². The highest BCUT2D eigenvalue weighted by atomic mass is 16.6. The molecule has 0 saturated carbocycles. The van der Waals surface area contributed by atoms with Crippen molar-refractivity contribution in [3.8, 4) is 0 Å². The molecule has 196 valence electrons. The highest BCUT2D eigenvalue weighted by Gasteiger charge is 2.00. The van der Waals surface area contributed by atoms with E-state index in [1.165, 1.54) is 0 Å². The molecule has 11 heteroatoms. The molecule has 0 aliphatic rings. The third-order valence-electron chi connectivity index (χ3n) is 4.03. The number of carbonyl (C=O) groups is 2. The van der Waals surface area contributed by atoms with Crippen molar-refractivity contribution in [3.63, 3.8) is 0 Å². The smallest absolute Gasteiger partial charge is 0.222 e. The van der Waals surface area contributed by atoms with Crippen LogP contribution >= 0.6 is 0 Å². The van der Waals surface area contributed by atoms with Crippen molar-refractivity contribution in [2.24, 2.45) is 0 Å². The third-order valence-corrected chi connectivity index (χ3v) is 4.03. The maximum atomic E-state index is 11.4. The van der Waals surface area contributed by atoms with Crippen LogP contribution in [-0.4, -0.2) is 118 Å². The van der Waals surface area contributed by atoms with Gasteiger partial charge in [0.25, 0.3) is 0 Å². The van der Waals surface area contributed by atoms with E-state index in [1.54, 1.807) is 7.05 Å². The molecule has 0 unspecified atom stereocenters. The van der Waals surface area contributed by atoms with Crippen LogP contribution in [0.2, 0.25) is 0 Å². The van der Waals surface area contributed by atoms with E-state index in [1.807, 2.05) is 6.92 Å². The van der Waals surface area contributed by atoms with E-state index >= 15 is 0 Å². The van der Waals surface area contributed by atoms with Crippen LogP contribution < -0.4 is 10.6 Å². The molecule has 0 saturated heterocycles. The summed E-state index contributed by atoms with van der Waals surface area (Å²) in [5.41, 5.74) is 0. The Morgan fingerprint density at radius 2 is 0.818 bits per heavy atom. The minimum absolute atomic E-state index is 0.0166. The monoisotopic (exact) mass is 480 g/mol. The van der Waals surface area contributed by atoms with Gasteiger partial charge in [0, 0.05) is 26.4 Å². The van der Waals surface area contributed by atoms with Gasteiger partial charge in [-0.3, -0.25) is 9.59 Å². The molecule has 33 heavy (non-hydrogen) atoms. The molecule has 0 aliphatic carbocycles. The van der Waals surface area contributed by atoms with Crippen LogP contribution in [0.4, 0.5) is 0 Å². The molecule has 11 nitrogen and oxygen atoms in total. The van der Waals surface area contributed by atoms with Gasteiger partial charge in [-0.1, -0.05) is 6.92 Å². The Kier molecular flexibility index (Phi) is 25.8. The Hall–Kier alpha value is -1.34. The molecule has 0 radical (unpaired) electrons. The molecule has 0 aromatic heterocycles. The van der Waals surface area contributed by atoms with Crippen molar-refractivity contribution in [2.45, 2.75) is 26.2 Å². The van der Waals surface area contributed by atoms with Gasteiger partial charge in [0.1, 0.15) is 0 Å². The van der Waals surface area contributed by atoms with Gasteiger partial charge in [-0.25, -0.2) is 0 Å². The van der Waals surface area contributed by atoms with Crippen molar-refractivity contribution in [1.29, 1.82) is 0 Å². The zero-order chi connectivity index (χ0) is 24.2. The van der Waals surface area contributed by atoms with Gasteiger partial charge in [-0.2, -0.15) is 0 Å². The predicted molar refractivity (Wildman–Crippen MR) is 122 cm³/mol. The molecule has 0 atom stereocenters. The second-order valence-electron chi connectivity index (χ2n) is 6.81. The molecular weight excluding hydrogens is 436 g/mol. The number of nitrogens with one attached hydrogen (secondary N) is 2. The Labute approximate surface area is 198 Å². The lowest BCUT2D eigenvalue weighted by Crippen LogP contribution is -2.25. The Morgan fingerprint density at radius 1 is 0.515 bits per heavy atom. The van der Waals surface area contributed by atoms with Crippen molar-refractivity contribution in [1.82, 2.24) is 10.6 Å². The summed E-state index contributed by atoms with van der Waals surface area (Å²) in [5, 5.41) is 5.33. The summed E-state index contributed by atoms with van der Waals surface area (Å²) in [6, 6.07) is 0. The molecule has 0 fully saturated rings. The van der Waals surface area contributed by atoms with Crippen molar-refractivity contribution in [3.05, 3.63) is 0 Å². The number of hydrogen-bond acceptors (Lipinski definition) is 9. The Morgan fingerprint density at radius 3 is 1.12 bits per heavy atom. The number of carbonyl (C=O) groups excluding carboxylic acids is 2. The number of ether oxygens (including phenoxy) is 7. The topological polar surface area (TPSA) is 123 Å². The summed E-state index contributed by atoms with van der Waals surface area (Å²) in [4.78, 5) is 22.3. The van der Waals surface area contributed by atoms with E-state index in [9.17, 15) is 9.59 Å². The van der Waals surface area contributed by atoms with Gasteiger partial charge in [0.05, 0.1) is 92.5 Å². The average Bonchev–Trinajstić information content (AvgIpc) is 2.82. The fourth-order valence-electron chi connectivity index (χ4n) is 2.23. The number of rotatable bonds is 26. The first-order valence-corrected chi connectivity index (χ1v) is 11.7. The Bertz CT molecular complexity index is 442. The van der Waals surface area contributed by atoms with Gasteiger partial charge in [0.15, 0.2) is 0 Å². The van der Waals surface area contributed by atoms with Gasteiger partial charge in [0.2, 0.25) is 11.8 Å².